The molecular formula is C11H17N3O2S2. The Labute approximate surface area is 114 Å². The first-order valence-electron chi connectivity index (χ1n) is 5.63. The van der Waals surface area contributed by atoms with E-state index in [1.165, 1.54) is 18.4 Å². The third kappa shape index (κ3) is 2.30. The molecule has 7 heteroatoms. The average Bonchev–Trinajstić information content (AvgIpc) is 2.92. The lowest BCUT2D eigenvalue weighted by molar-refractivity contribution is 0.0607. The SMILES string of the molecule is COC(=O)c1sc(N2CCC(N)C2)c(SC)c1N. The van der Waals surface area contributed by atoms with Gasteiger partial charge in [-0.2, -0.15) is 0 Å². The number of anilines is 2. The molecule has 1 saturated heterocycles. The molecule has 1 aromatic rings. The highest BCUT2D eigenvalue weighted by atomic mass is 32.2. The molecule has 0 radical (unpaired) electrons. The van der Waals surface area contributed by atoms with Gasteiger partial charge in [0.1, 0.15) is 9.88 Å². The molecule has 1 atom stereocenters. The summed E-state index contributed by atoms with van der Waals surface area (Å²) < 4.78 is 4.75. The summed E-state index contributed by atoms with van der Waals surface area (Å²) in [7, 11) is 1.37. The highest BCUT2D eigenvalue weighted by Crippen LogP contribution is 2.44. The van der Waals surface area contributed by atoms with E-state index in [0.717, 1.165) is 29.4 Å². The molecule has 1 aromatic heterocycles. The van der Waals surface area contributed by atoms with Gasteiger partial charge in [-0.15, -0.1) is 23.1 Å². The normalized spacial score (nSPS) is 19.3. The van der Waals surface area contributed by atoms with Crippen LogP contribution in [0.3, 0.4) is 0 Å². The summed E-state index contributed by atoms with van der Waals surface area (Å²) in [5.74, 6) is -0.373. The van der Waals surface area contributed by atoms with Crippen molar-refractivity contribution in [3.05, 3.63) is 4.88 Å². The van der Waals surface area contributed by atoms with E-state index in [1.54, 1.807) is 11.8 Å². The minimum absolute atomic E-state index is 0.199. The van der Waals surface area contributed by atoms with Gasteiger partial charge in [0.25, 0.3) is 0 Å². The van der Waals surface area contributed by atoms with Gasteiger partial charge in [-0.3, -0.25) is 0 Å². The smallest absolute Gasteiger partial charge is 0.350 e. The zero-order valence-electron chi connectivity index (χ0n) is 10.4. The van der Waals surface area contributed by atoms with Crippen LogP contribution in [-0.2, 0) is 4.74 Å². The fourth-order valence-corrected chi connectivity index (χ4v) is 4.17. The Bertz CT molecular complexity index is 461. The Morgan fingerprint density at radius 2 is 2.33 bits per heavy atom. The predicted molar refractivity (Wildman–Crippen MR) is 76.7 cm³/mol. The second-order valence-electron chi connectivity index (χ2n) is 4.17. The zero-order valence-corrected chi connectivity index (χ0v) is 12.1. The lowest BCUT2D eigenvalue weighted by Gasteiger charge is -2.17. The molecule has 2 rings (SSSR count). The van der Waals surface area contributed by atoms with Crippen molar-refractivity contribution in [1.29, 1.82) is 0 Å². The average molecular weight is 287 g/mol. The van der Waals surface area contributed by atoms with Crippen LogP contribution in [0.25, 0.3) is 0 Å². The first kappa shape index (κ1) is 13.5. The summed E-state index contributed by atoms with van der Waals surface area (Å²) in [6.45, 7) is 1.73. The van der Waals surface area contributed by atoms with Crippen molar-refractivity contribution in [2.75, 3.05) is 37.1 Å². The van der Waals surface area contributed by atoms with Crippen LogP contribution in [0.15, 0.2) is 4.90 Å². The third-order valence-electron chi connectivity index (χ3n) is 2.97. The maximum absolute atomic E-state index is 11.7. The summed E-state index contributed by atoms with van der Waals surface area (Å²) in [6, 6.07) is 0.199. The number of nitrogen functional groups attached to an aromatic ring is 1. The number of esters is 1. The molecule has 0 aromatic carbocycles. The van der Waals surface area contributed by atoms with Crippen molar-refractivity contribution < 1.29 is 9.53 Å². The van der Waals surface area contributed by atoms with Gasteiger partial charge in [0.2, 0.25) is 0 Å². The summed E-state index contributed by atoms with van der Waals surface area (Å²) in [4.78, 5) is 15.3. The van der Waals surface area contributed by atoms with E-state index < -0.39 is 0 Å². The van der Waals surface area contributed by atoms with Crippen molar-refractivity contribution >= 4 is 39.8 Å². The highest BCUT2D eigenvalue weighted by molar-refractivity contribution is 7.99. The van der Waals surface area contributed by atoms with E-state index in [-0.39, 0.29) is 12.0 Å². The monoisotopic (exact) mass is 287 g/mol. The van der Waals surface area contributed by atoms with E-state index in [0.29, 0.717) is 10.6 Å². The van der Waals surface area contributed by atoms with Gasteiger partial charge in [-0.05, 0) is 12.7 Å². The Hall–Kier alpha value is -0.920. The molecule has 1 aliphatic heterocycles. The molecule has 0 aliphatic carbocycles. The third-order valence-corrected chi connectivity index (χ3v) is 5.17. The van der Waals surface area contributed by atoms with Gasteiger partial charge in [-0.1, -0.05) is 0 Å². The number of hydrogen-bond donors (Lipinski definition) is 2. The maximum Gasteiger partial charge on any atom is 0.350 e. The fourth-order valence-electron chi connectivity index (χ4n) is 2.04. The van der Waals surface area contributed by atoms with Gasteiger partial charge < -0.3 is 21.1 Å². The zero-order chi connectivity index (χ0) is 13.3. The van der Waals surface area contributed by atoms with Crippen LogP contribution in [0.4, 0.5) is 10.7 Å². The summed E-state index contributed by atoms with van der Waals surface area (Å²) in [5.41, 5.74) is 12.5. The van der Waals surface area contributed by atoms with Crippen LogP contribution in [0.5, 0.6) is 0 Å². The minimum atomic E-state index is -0.373. The quantitative estimate of drug-likeness (QED) is 0.645. The number of methoxy groups -OCH3 is 1. The van der Waals surface area contributed by atoms with Crippen LogP contribution in [-0.4, -0.2) is 38.5 Å². The maximum atomic E-state index is 11.7. The Kier molecular flexibility index (Phi) is 4.04. The van der Waals surface area contributed by atoms with Crippen LogP contribution in [0.2, 0.25) is 0 Å². The molecule has 0 saturated carbocycles. The molecule has 2 heterocycles. The molecule has 1 aliphatic rings. The molecule has 0 spiro atoms. The summed E-state index contributed by atoms with van der Waals surface area (Å²) in [5, 5.41) is 1.04. The lowest BCUT2D eigenvalue weighted by atomic mass is 10.3. The van der Waals surface area contributed by atoms with Gasteiger partial charge in [0.05, 0.1) is 17.7 Å². The van der Waals surface area contributed by atoms with E-state index >= 15 is 0 Å². The molecule has 0 amide bonds. The molecule has 1 unspecified atom stereocenters. The first-order valence-corrected chi connectivity index (χ1v) is 7.67. The van der Waals surface area contributed by atoms with Gasteiger partial charge in [-0.25, -0.2) is 4.79 Å². The van der Waals surface area contributed by atoms with Gasteiger partial charge in [0.15, 0.2) is 0 Å². The van der Waals surface area contributed by atoms with Crippen LogP contribution in [0, 0.1) is 0 Å². The fraction of sp³-hybridized carbons (Fsp3) is 0.545. The molecule has 4 N–H and O–H groups in total. The largest absolute Gasteiger partial charge is 0.465 e. The number of carbonyl (C=O) groups is 1. The van der Waals surface area contributed by atoms with Crippen LogP contribution < -0.4 is 16.4 Å². The summed E-state index contributed by atoms with van der Waals surface area (Å²) in [6.07, 6.45) is 2.93. The van der Waals surface area contributed by atoms with E-state index in [4.69, 9.17) is 16.2 Å². The number of hydrogen-bond acceptors (Lipinski definition) is 7. The van der Waals surface area contributed by atoms with Crippen molar-refractivity contribution in [3.8, 4) is 0 Å². The van der Waals surface area contributed by atoms with E-state index in [1.807, 2.05) is 6.26 Å². The highest BCUT2D eigenvalue weighted by Gasteiger charge is 2.28. The standard InChI is InChI=1S/C11H17N3O2S2/c1-16-11(15)9-7(13)8(17-2)10(18-9)14-4-3-6(12)5-14/h6H,3-5,12-13H2,1-2H3. The minimum Gasteiger partial charge on any atom is -0.465 e. The number of nitrogens with two attached hydrogens (primary N) is 2. The molecule has 1 fully saturated rings. The van der Waals surface area contributed by atoms with E-state index in [2.05, 4.69) is 4.90 Å². The summed E-state index contributed by atoms with van der Waals surface area (Å²) >= 11 is 2.95. The lowest BCUT2D eigenvalue weighted by Crippen LogP contribution is -2.26. The number of rotatable bonds is 3. The molecule has 5 nitrogen and oxygen atoms in total. The predicted octanol–water partition coefficient (Wildman–Crippen LogP) is 1.38. The van der Waals surface area contributed by atoms with Crippen molar-refractivity contribution in [1.82, 2.24) is 0 Å². The van der Waals surface area contributed by atoms with Gasteiger partial charge >= 0.3 is 5.97 Å². The first-order chi connectivity index (χ1) is 8.58. The topological polar surface area (TPSA) is 81.6 Å². The Morgan fingerprint density at radius 1 is 1.61 bits per heavy atom. The Balaban J connectivity index is 2.38. The number of thiophene rings is 1. The van der Waals surface area contributed by atoms with E-state index in [9.17, 15) is 4.79 Å². The second-order valence-corrected chi connectivity index (χ2v) is 5.99. The number of thioether (sulfide) groups is 1. The molecule has 18 heavy (non-hydrogen) atoms. The van der Waals surface area contributed by atoms with Crippen LogP contribution >= 0.6 is 23.1 Å². The van der Waals surface area contributed by atoms with Crippen LogP contribution in [0.1, 0.15) is 16.1 Å². The molecule has 100 valence electrons. The molecular weight excluding hydrogens is 270 g/mol. The van der Waals surface area contributed by atoms with Gasteiger partial charge in [0, 0.05) is 19.1 Å². The molecule has 0 bridgehead atoms. The number of nitrogens with zero attached hydrogens (tertiary/aromatic N) is 1. The number of carbonyl (C=O) groups excluding carboxylic acids is 1. The number of ether oxygens (including phenoxy) is 1. The second kappa shape index (κ2) is 5.38. The van der Waals surface area contributed by atoms with Crippen molar-refractivity contribution in [2.45, 2.75) is 17.4 Å². The Morgan fingerprint density at radius 3 is 2.83 bits per heavy atom. The van der Waals surface area contributed by atoms with Crippen molar-refractivity contribution in [3.63, 3.8) is 0 Å². The van der Waals surface area contributed by atoms with Crippen molar-refractivity contribution in [2.24, 2.45) is 5.73 Å².